The van der Waals surface area contributed by atoms with Gasteiger partial charge in [0.15, 0.2) is 0 Å². The Hall–Kier alpha value is -1.40. The molecular weight excluding hydrogens is 312 g/mol. The van der Waals surface area contributed by atoms with Crippen LogP contribution in [-0.2, 0) is 9.59 Å². The lowest BCUT2D eigenvalue weighted by Gasteiger charge is -2.36. The molecular formula is C13H15BrN2O3. The number of amides is 1. The number of aryl methyl sites for hydroxylation is 1. The third-order valence-electron chi connectivity index (χ3n) is 3.31. The summed E-state index contributed by atoms with van der Waals surface area (Å²) in [5.41, 5.74) is 1.75. The van der Waals surface area contributed by atoms with Crippen molar-refractivity contribution in [2.24, 2.45) is 0 Å². The van der Waals surface area contributed by atoms with Gasteiger partial charge in [0.25, 0.3) is 0 Å². The van der Waals surface area contributed by atoms with Crippen molar-refractivity contribution < 1.29 is 14.7 Å². The van der Waals surface area contributed by atoms with Gasteiger partial charge in [-0.3, -0.25) is 14.5 Å². The van der Waals surface area contributed by atoms with Crippen LogP contribution in [0.25, 0.3) is 0 Å². The van der Waals surface area contributed by atoms with E-state index < -0.39 is 12.0 Å². The highest BCUT2D eigenvalue weighted by molar-refractivity contribution is 9.10. The van der Waals surface area contributed by atoms with E-state index in [1.54, 1.807) is 11.9 Å². The molecule has 0 aromatic heterocycles. The fraction of sp³-hybridized carbons (Fsp3) is 0.385. The molecule has 1 aromatic carbocycles. The first-order chi connectivity index (χ1) is 8.90. The van der Waals surface area contributed by atoms with Crippen LogP contribution in [0, 0.1) is 6.92 Å². The number of anilines is 1. The molecule has 19 heavy (non-hydrogen) atoms. The van der Waals surface area contributed by atoms with Gasteiger partial charge in [-0.1, -0.05) is 15.9 Å². The number of nitrogens with zero attached hydrogens (tertiary/aromatic N) is 2. The van der Waals surface area contributed by atoms with Gasteiger partial charge in [0.1, 0.15) is 6.04 Å². The van der Waals surface area contributed by atoms with E-state index in [0.29, 0.717) is 0 Å². The number of hydrogen-bond donors (Lipinski definition) is 1. The van der Waals surface area contributed by atoms with Gasteiger partial charge in [-0.25, -0.2) is 0 Å². The Labute approximate surface area is 119 Å². The zero-order valence-electron chi connectivity index (χ0n) is 10.8. The summed E-state index contributed by atoms with van der Waals surface area (Å²) in [6, 6.07) is 4.90. The number of benzene rings is 1. The fourth-order valence-corrected chi connectivity index (χ4v) is 2.38. The minimum Gasteiger partial charge on any atom is -0.480 e. The molecule has 1 aromatic rings. The second-order valence-electron chi connectivity index (χ2n) is 4.71. The maximum Gasteiger partial charge on any atom is 0.322 e. The Kier molecular flexibility index (Phi) is 3.91. The smallest absolute Gasteiger partial charge is 0.322 e. The van der Waals surface area contributed by atoms with Crippen molar-refractivity contribution in [2.45, 2.75) is 13.0 Å². The molecule has 1 atom stereocenters. The van der Waals surface area contributed by atoms with E-state index in [1.807, 2.05) is 25.1 Å². The highest BCUT2D eigenvalue weighted by Crippen LogP contribution is 2.25. The van der Waals surface area contributed by atoms with Crippen LogP contribution in [0.4, 0.5) is 5.69 Å². The molecule has 1 N–H and O–H groups in total. The van der Waals surface area contributed by atoms with Crippen LogP contribution in [0.2, 0.25) is 0 Å². The van der Waals surface area contributed by atoms with E-state index in [2.05, 4.69) is 15.9 Å². The Morgan fingerprint density at radius 1 is 1.47 bits per heavy atom. The van der Waals surface area contributed by atoms with Crippen molar-refractivity contribution in [3.8, 4) is 0 Å². The molecule has 1 aliphatic rings. The summed E-state index contributed by atoms with van der Waals surface area (Å²) in [4.78, 5) is 26.3. The van der Waals surface area contributed by atoms with Gasteiger partial charge in [0.05, 0.1) is 13.1 Å². The highest BCUT2D eigenvalue weighted by Gasteiger charge is 2.34. The van der Waals surface area contributed by atoms with Crippen molar-refractivity contribution in [3.05, 3.63) is 28.2 Å². The number of halogens is 1. The summed E-state index contributed by atoms with van der Waals surface area (Å²) < 4.78 is 0.965. The number of carbonyl (C=O) groups excluding carboxylic acids is 1. The average Bonchev–Trinajstić information content (AvgIpc) is 2.32. The predicted octanol–water partition coefficient (Wildman–Crippen LogP) is 1.49. The molecule has 0 radical (unpaired) electrons. The predicted molar refractivity (Wildman–Crippen MR) is 75.3 cm³/mol. The molecule has 0 aliphatic carbocycles. The zero-order chi connectivity index (χ0) is 14.2. The third-order valence-corrected chi connectivity index (χ3v) is 4.20. The summed E-state index contributed by atoms with van der Waals surface area (Å²) in [6.07, 6.45) is 0. The largest absolute Gasteiger partial charge is 0.480 e. The van der Waals surface area contributed by atoms with Crippen molar-refractivity contribution in [3.63, 3.8) is 0 Å². The number of aliphatic carboxylic acids is 1. The van der Waals surface area contributed by atoms with E-state index in [9.17, 15) is 14.7 Å². The Bertz CT molecular complexity index is 533. The number of carboxylic acid groups (broad SMARTS) is 1. The highest BCUT2D eigenvalue weighted by atomic mass is 79.9. The van der Waals surface area contributed by atoms with E-state index in [0.717, 1.165) is 15.7 Å². The van der Waals surface area contributed by atoms with Crippen molar-refractivity contribution in [1.82, 2.24) is 4.90 Å². The summed E-state index contributed by atoms with van der Waals surface area (Å²) in [5, 5.41) is 9.17. The molecule has 0 saturated carbocycles. The quantitative estimate of drug-likeness (QED) is 0.894. The summed E-state index contributed by atoms with van der Waals surface area (Å²) in [5.74, 6) is -0.990. The monoisotopic (exact) mass is 326 g/mol. The number of rotatable bonds is 2. The second-order valence-corrected chi connectivity index (χ2v) is 5.56. The summed E-state index contributed by atoms with van der Waals surface area (Å²) >= 11 is 3.41. The Balaban J connectivity index is 2.30. The minimum atomic E-state index is -0.908. The Morgan fingerprint density at radius 2 is 2.16 bits per heavy atom. The molecule has 102 valence electrons. The van der Waals surface area contributed by atoms with E-state index >= 15 is 0 Å². The van der Waals surface area contributed by atoms with Crippen molar-refractivity contribution in [2.75, 3.05) is 25.0 Å². The van der Waals surface area contributed by atoms with Gasteiger partial charge in [-0.15, -0.1) is 0 Å². The van der Waals surface area contributed by atoms with Crippen LogP contribution < -0.4 is 4.90 Å². The molecule has 5 nitrogen and oxygen atoms in total. The normalized spacial score (nSPS) is 20.7. The van der Waals surface area contributed by atoms with Crippen molar-refractivity contribution in [1.29, 1.82) is 0 Å². The molecule has 0 bridgehead atoms. The lowest BCUT2D eigenvalue weighted by molar-refractivity contribution is -0.144. The van der Waals surface area contributed by atoms with Crippen LogP contribution in [-0.4, -0.2) is 48.1 Å². The first-order valence-corrected chi connectivity index (χ1v) is 6.69. The Morgan fingerprint density at radius 3 is 2.74 bits per heavy atom. The zero-order valence-corrected chi connectivity index (χ0v) is 12.3. The van der Waals surface area contributed by atoms with Gasteiger partial charge in [-0.05, 0) is 37.7 Å². The molecule has 2 rings (SSSR count). The number of carbonyl (C=O) groups is 2. The molecule has 1 heterocycles. The van der Waals surface area contributed by atoms with E-state index in [1.165, 1.54) is 4.90 Å². The molecule has 1 amide bonds. The molecule has 1 unspecified atom stereocenters. The second kappa shape index (κ2) is 5.30. The lowest BCUT2D eigenvalue weighted by atomic mass is 10.1. The van der Waals surface area contributed by atoms with E-state index in [-0.39, 0.29) is 19.0 Å². The SMILES string of the molecule is Cc1cc(N2CC(C(=O)O)N(C)CC2=O)ccc1Br. The first kappa shape index (κ1) is 14.0. The fourth-order valence-electron chi connectivity index (χ4n) is 2.14. The van der Waals surface area contributed by atoms with Crippen LogP contribution in [0.15, 0.2) is 22.7 Å². The molecule has 0 spiro atoms. The van der Waals surface area contributed by atoms with Gasteiger partial charge in [0, 0.05) is 10.2 Å². The third kappa shape index (κ3) is 2.79. The number of piperazine rings is 1. The number of carboxylic acids is 1. The summed E-state index contributed by atoms with van der Waals surface area (Å²) in [6.45, 7) is 2.22. The van der Waals surface area contributed by atoms with Crippen LogP contribution >= 0.6 is 15.9 Å². The van der Waals surface area contributed by atoms with Crippen LogP contribution in [0.3, 0.4) is 0 Å². The standard InChI is InChI=1S/C13H15BrN2O3/c1-8-5-9(3-4-10(8)14)16-6-11(13(18)19)15(2)7-12(16)17/h3-5,11H,6-7H2,1-2H3,(H,18,19). The number of likely N-dealkylation sites (N-methyl/N-ethyl adjacent to an activating group) is 1. The maximum absolute atomic E-state index is 12.0. The molecule has 1 aliphatic heterocycles. The van der Waals surface area contributed by atoms with Gasteiger partial charge >= 0.3 is 5.97 Å². The van der Waals surface area contributed by atoms with Crippen LogP contribution in [0.1, 0.15) is 5.56 Å². The van der Waals surface area contributed by atoms with Crippen molar-refractivity contribution >= 4 is 33.5 Å². The van der Waals surface area contributed by atoms with Gasteiger partial charge in [0.2, 0.25) is 5.91 Å². The minimum absolute atomic E-state index is 0.0817. The van der Waals surface area contributed by atoms with Crippen LogP contribution in [0.5, 0.6) is 0 Å². The molecule has 6 heteroatoms. The molecule has 1 fully saturated rings. The topological polar surface area (TPSA) is 60.9 Å². The maximum atomic E-state index is 12.0. The average molecular weight is 327 g/mol. The van der Waals surface area contributed by atoms with Gasteiger partial charge in [-0.2, -0.15) is 0 Å². The summed E-state index contributed by atoms with van der Waals surface area (Å²) in [7, 11) is 1.65. The first-order valence-electron chi connectivity index (χ1n) is 5.89. The van der Waals surface area contributed by atoms with E-state index in [4.69, 9.17) is 0 Å². The number of hydrogen-bond acceptors (Lipinski definition) is 3. The lowest BCUT2D eigenvalue weighted by Crippen LogP contribution is -2.57. The van der Waals surface area contributed by atoms with Gasteiger partial charge < -0.3 is 10.0 Å². The molecule has 1 saturated heterocycles.